The average molecular weight is 325 g/mol. The highest BCUT2D eigenvalue weighted by molar-refractivity contribution is 5.76. The summed E-state index contributed by atoms with van der Waals surface area (Å²) in [6.07, 6.45) is 3.66. The molecule has 1 atom stereocenters. The minimum Gasteiger partial charge on any atom is -0.381 e. The number of hydrogen-bond acceptors (Lipinski definition) is 3. The summed E-state index contributed by atoms with van der Waals surface area (Å²) in [7, 11) is 0. The van der Waals surface area contributed by atoms with Crippen molar-refractivity contribution in [2.75, 3.05) is 32.8 Å². The van der Waals surface area contributed by atoms with E-state index >= 15 is 0 Å². The van der Waals surface area contributed by atoms with Gasteiger partial charge in [0.1, 0.15) is 0 Å². The molecule has 0 radical (unpaired) electrons. The number of likely N-dealkylation sites (tertiary alicyclic amines) is 1. The smallest absolute Gasteiger partial charge is 0.317 e. The Morgan fingerprint density at radius 2 is 1.91 bits per heavy atom. The molecule has 0 aromatic rings. The van der Waals surface area contributed by atoms with Crippen LogP contribution >= 0.6 is 0 Å². The summed E-state index contributed by atoms with van der Waals surface area (Å²) in [5.41, 5.74) is 0. The standard InChI is InChI=1S/C17H31N3O3/c1-13(2)4-8-18-17(22)19-9-5-16(12-19)20(14(3)21)15-6-10-23-11-7-15/h13,15-16H,4-12H2,1-3H3,(H,18,22). The van der Waals surface area contributed by atoms with Crippen molar-refractivity contribution in [3.63, 3.8) is 0 Å². The SMILES string of the molecule is CC(=O)N(C1CCOCC1)C1CCN(C(=O)NCCC(C)C)C1. The Bertz CT molecular complexity index is 408. The van der Waals surface area contributed by atoms with E-state index in [-0.39, 0.29) is 24.0 Å². The van der Waals surface area contributed by atoms with Crippen molar-refractivity contribution >= 4 is 11.9 Å². The van der Waals surface area contributed by atoms with Crippen LogP contribution in [0.15, 0.2) is 0 Å². The maximum absolute atomic E-state index is 12.2. The van der Waals surface area contributed by atoms with Gasteiger partial charge in [-0.2, -0.15) is 0 Å². The Balaban J connectivity index is 1.86. The first-order valence-corrected chi connectivity index (χ1v) is 8.88. The van der Waals surface area contributed by atoms with Gasteiger partial charge in [-0.05, 0) is 31.6 Å². The van der Waals surface area contributed by atoms with Gasteiger partial charge in [0.25, 0.3) is 0 Å². The second-order valence-electron chi connectivity index (χ2n) is 7.07. The molecule has 6 nitrogen and oxygen atoms in total. The minimum absolute atomic E-state index is 0.00336. The molecule has 2 saturated heterocycles. The van der Waals surface area contributed by atoms with E-state index in [1.807, 2.05) is 9.80 Å². The van der Waals surface area contributed by atoms with Crippen LogP contribution in [0.4, 0.5) is 4.79 Å². The lowest BCUT2D eigenvalue weighted by atomic mass is 10.0. The Hall–Kier alpha value is -1.30. The van der Waals surface area contributed by atoms with Crippen molar-refractivity contribution in [1.82, 2.24) is 15.1 Å². The highest BCUT2D eigenvalue weighted by Gasteiger charge is 2.35. The lowest BCUT2D eigenvalue weighted by Crippen LogP contribution is -2.50. The number of carbonyl (C=O) groups excluding carboxylic acids is 2. The number of ether oxygens (including phenoxy) is 1. The maximum atomic E-state index is 12.2. The molecule has 0 aromatic carbocycles. The van der Waals surface area contributed by atoms with E-state index < -0.39 is 0 Å². The Morgan fingerprint density at radius 3 is 2.52 bits per heavy atom. The molecule has 1 N–H and O–H groups in total. The van der Waals surface area contributed by atoms with E-state index in [0.717, 1.165) is 45.4 Å². The van der Waals surface area contributed by atoms with Gasteiger partial charge in [-0.3, -0.25) is 4.79 Å². The molecule has 2 aliphatic rings. The van der Waals surface area contributed by atoms with Gasteiger partial charge in [-0.15, -0.1) is 0 Å². The third-order valence-corrected chi connectivity index (χ3v) is 4.79. The van der Waals surface area contributed by atoms with Crippen molar-refractivity contribution in [2.45, 2.75) is 58.5 Å². The van der Waals surface area contributed by atoms with E-state index in [9.17, 15) is 9.59 Å². The minimum atomic E-state index is 0.00336. The van der Waals surface area contributed by atoms with E-state index in [0.29, 0.717) is 19.0 Å². The largest absolute Gasteiger partial charge is 0.381 e. The zero-order valence-corrected chi connectivity index (χ0v) is 14.7. The molecular weight excluding hydrogens is 294 g/mol. The van der Waals surface area contributed by atoms with Crippen molar-refractivity contribution < 1.29 is 14.3 Å². The van der Waals surface area contributed by atoms with Crippen LogP contribution < -0.4 is 5.32 Å². The van der Waals surface area contributed by atoms with Gasteiger partial charge in [0.15, 0.2) is 0 Å². The lowest BCUT2D eigenvalue weighted by Gasteiger charge is -2.37. The maximum Gasteiger partial charge on any atom is 0.317 e. The molecule has 2 rings (SSSR count). The van der Waals surface area contributed by atoms with Crippen LogP contribution in [0.5, 0.6) is 0 Å². The predicted molar refractivity (Wildman–Crippen MR) is 89.2 cm³/mol. The Labute approximate surface area is 139 Å². The highest BCUT2D eigenvalue weighted by Crippen LogP contribution is 2.23. The molecule has 0 aromatic heterocycles. The third kappa shape index (κ3) is 5.09. The molecule has 2 aliphatic heterocycles. The van der Waals surface area contributed by atoms with Crippen LogP contribution in [-0.4, -0.2) is 66.7 Å². The molecule has 0 saturated carbocycles. The lowest BCUT2D eigenvalue weighted by molar-refractivity contribution is -0.135. The first-order valence-electron chi connectivity index (χ1n) is 8.88. The monoisotopic (exact) mass is 325 g/mol. The molecule has 132 valence electrons. The molecule has 0 bridgehead atoms. The quantitative estimate of drug-likeness (QED) is 0.839. The van der Waals surface area contributed by atoms with E-state index in [4.69, 9.17) is 4.74 Å². The molecule has 1 unspecified atom stereocenters. The Kier molecular flexibility index (Phi) is 6.69. The summed E-state index contributed by atoms with van der Waals surface area (Å²) in [4.78, 5) is 28.2. The summed E-state index contributed by atoms with van der Waals surface area (Å²) >= 11 is 0. The van der Waals surface area contributed by atoms with Crippen LogP contribution in [0, 0.1) is 5.92 Å². The van der Waals surface area contributed by atoms with Gasteiger partial charge < -0.3 is 19.9 Å². The molecular formula is C17H31N3O3. The number of nitrogens with zero attached hydrogens (tertiary/aromatic N) is 2. The summed E-state index contributed by atoms with van der Waals surface area (Å²) in [5.74, 6) is 0.701. The number of rotatable bonds is 5. The molecule has 2 heterocycles. The number of amides is 3. The topological polar surface area (TPSA) is 61.9 Å². The van der Waals surface area contributed by atoms with E-state index in [1.54, 1.807) is 6.92 Å². The Morgan fingerprint density at radius 1 is 1.22 bits per heavy atom. The zero-order valence-electron chi connectivity index (χ0n) is 14.7. The summed E-state index contributed by atoms with van der Waals surface area (Å²) < 4.78 is 5.40. The van der Waals surface area contributed by atoms with Gasteiger partial charge in [-0.1, -0.05) is 13.8 Å². The third-order valence-electron chi connectivity index (χ3n) is 4.79. The van der Waals surface area contributed by atoms with Gasteiger partial charge in [0.05, 0.1) is 6.04 Å². The molecule has 23 heavy (non-hydrogen) atoms. The van der Waals surface area contributed by atoms with Crippen molar-refractivity contribution in [1.29, 1.82) is 0 Å². The zero-order chi connectivity index (χ0) is 16.8. The molecule has 0 aliphatic carbocycles. The fourth-order valence-corrected chi connectivity index (χ4v) is 3.51. The average Bonchev–Trinajstić information content (AvgIpc) is 2.97. The van der Waals surface area contributed by atoms with Crippen molar-refractivity contribution in [3.05, 3.63) is 0 Å². The number of urea groups is 1. The van der Waals surface area contributed by atoms with Crippen LogP contribution in [0.25, 0.3) is 0 Å². The van der Waals surface area contributed by atoms with Crippen molar-refractivity contribution in [3.8, 4) is 0 Å². The van der Waals surface area contributed by atoms with Crippen LogP contribution in [0.2, 0.25) is 0 Å². The summed E-state index contributed by atoms with van der Waals surface area (Å²) in [6, 6.07) is 0.408. The molecule has 2 fully saturated rings. The van der Waals surface area contributed by atoms with Gasteiger partial charge in [0.2, 0.25) is 5.91 Å². The summed E-state index contributed by atoms with van der Waals surface area (Å²) in [6.45, 7) is 9.47. The number of nitrogens with one attached hydrogen (secondary N) is 1. The second kappa shape index (κ2) is 8.52. The predicted octanol–water partition coefficient (Wildman–Crippen LogP) is 1.84. The second-order valence-corrected chi connectivity index (χ2v) is 7.07. The van der Waals surface area contributed by atoms with Crippen LogP contribution in [-0.2, 0) is 9.53 Å². The molecule has 6 heteroatoms. The fraction of sp³-hybridized carbons (Fsp3) is 0.882. The molecule has 0 spiro atoms. The number of hydrogen-bond donors (Lipinski definition) is 1. The van der Waals surface area contributed by atoms with E-state index in [2.05, 4.69) is 19.2 Å². The van der Waals surface area contributed by atoms with Gasteiger partial charge in [0, 0.05) is 45.8 Å². The first-order chi connectivity index (χ1) is 11.0. The normalized spacial score (nSPS) is 22.4. The van der Waals surface area contributed by atoms with Crippen LogP contribution in [0.1, 0.15) is 46.5 Å². The van der Waals surface area contributed by atoms with E-state index in [1.165, 1.54) is 0 Å². The first kappa shape index (κ1) is 18.0. The summed E-state index contributed by atoms with van der Waals surface area (Å²) in [5, 5.41) is 2.99. The van der Waals surface area contributed by atoms with Crippen LogP contribution in [0.3, 0.4) is 0 Å². The fourth-order valence-electron chi connectivity index (χ4n) is 3.51. The highest BCUT2D eigenvalue weighted by atomic mass is 16.5. The number of carbonyl (C=O) groups is 2. The van der Waals surface area contributed by atoms with Gasteiger partial charge >= 0.3 is 6.03 Å². The van der Waals surface area contributed by atoms with Crippen molar-refractivity contribution in [2.24, 2.45) is 5.92 Å². The van der Waals surface area contributed by atoms with Gasteiger partial charge in [-0.25, -0.2) is 4.79 Å². The molecule has 3 amide bonds.